The van der Waals surface area contributed by atoms with Crippen LogP contribution in [-0.4, -0.2) is 20.9 Å². The van der Waals surface area contributed by atoms with Crippen molar-refractivity contribution in [2.45, 2.75) is 18.8 Å². The van der Waals surface area contributed by atoms with Crippen LogP contribution in [0.25, 0.3) is 0 Å². The number of nitrogens with zero attached hydrogens (tertiary/aromatic N) is 3. The fourth-order valence-electron chi connectivity index (χ4n) is 1.45. The third-order valence-electron chi connectivity index (χ3n) is 2.18. The maximum atomic E-state index is 11.5. The zero-order valence-corrected chi connectivity index (χ0v) is 7.60. The Kier molecular flexibility index (Phi) is 2.22. The molecule has 1 aromatic heterocycles. The normalized spacial score (nSPS) is 21.9. The van der Waals surface area contributed by atoms with Crippen LogP contribution in [0.5, 0.6) is 0 Å². The Balaban J connectivity index is 2.20. The van der Waals surface area contributed by atoms with Gasteiger partial charge in [-0.2, -0.15) is 0 Å². The number of rotatable bonds is 1. The smallest absolute Gasteiger partial charge is 0.234 e. The molecule has 1 aliphatic rings. The second-order valence-corrected chi connectivity index (χ2v) is 3.18. The lowest BCUT2D eigenvalue weighted by Crippen LogP contribution is -2.34. The second kappa shape index (κ2) is 3.53. The van der Waals surface area contributed by atoms with Gasteiger partial charge in [0, 0.05) is 5.70 Å². The Morgan fingerprint density at radius 2 is 2.14 bits per heavy atom. The van der Waals surface area contributed by atoms with Gasteiger partial charge in [0.1, 0.15) is 18.5 Å². The van der Waals surface area contributed by atoms with Crippen LogP contribution in [-0.2, 0) is 4.79 Å². The molecule has 1 aliphatic heterocycles. The van der Waals surface area contributed by atoms with Gasteiger partial charge in [-0.1, -0.05) is 6.58 Å². The number of carbonyl (C=O) groups is 1. The van der Waals surface area contributed by atoms with E-state index in [0.717, 1.165) is 12.1 Å². The maximum absolute atomic E-state index is 11.5. The number of hydrogen-bond acceptors (Lipinski definition) is 4. The molecule has 1 amide bonds. The molecule has 1 N–H and O–H groups in total. The summed E-state index contributed by atoms with van der Waals surface area (Å²) in [4.78, 5) is 23.2. The van der Waals surface area contributed by atoms with Crippen LogP contribution >= 0.6 is 0 Å². The fourth-order valence-corrected chi connectivity index (χ4v) is 1.45. The summed E-state index contributed by atoms with van der Waals surface area (Å²) in [6, 6.07) is 0. The molecular weight excluding hydrogens is 180 g/mol. The lowest BCUT2D eigenvalue weighted by Gasteiger charge is -2.21. The van der Waals surface area contributed by atoms with Crippen LogP contribution in [0.4, 0.5) is 0 Å². The lowest BCUT2D eigenvalue weighted by molar-refractivity contribution is -0.123. The van der Waals surface area contributed by atoms with Crippen LogP contribution in [0.15, 0.2) is 24.9 Å². The fraction of sp³-hybridized carbons (Fsp3) is 0.333. The summed E-state index contributed by atoms with van der Waals surface area (Å²) in [6.07, 6.45) is 4.30. The van der Waals surface area contributed by atoms with Crippen molar-refractivity contribution in [3.8, 4) is 0 Å². The second-order valence-electron chi connectivity index (χ2n) is 3.18. The number of piperidine rings is 1. The van der Waals surface area contributed by atoms with E-state index in [0.29, 0.717) is 12.2 Å². The Labute approximate surface area is 81.3 Å². The number of allylic oxidation sites excluding steroid dienone is 1. The van der Waals surface area contributed by atoms with E-state index >= 15 is 0 Å². The highest BCUT2D eigenvalue weighted by Gasteiger charge is 2.27. The van der Waals surface area contributed by atoms with Gasteiger partial charge < -0.3 is 5.32 Å². The van der Waals surface area contributed by atoms with Crippen LogP contribution < -0.4 is 5.32 Å². The monoisotopic (exact) mass is 190 g/mol. The van der Waals surface area contributed by atoms with E-state index in [4.69, 9.17) is 0 Å². The number of aromatic nitrogens is 3. The molecule has 1 aromatic rings. The SMILES string of the molecule is C=C1CCC(c2ncncn2)C(=O)N1. The molecular formula is C9H10N4O. The van der Waals surface area contributed by atoms with Gasteiger partial charge in [0.15, 0.2) is 0 Å². The van der Waals surface area contributed by atoms with E-state index in [9.17, 15) is 4.79 Å². The molecule has 0 spiro atoms. The van der Waals surface area contributed by atoms with Crippen molar-refractivity contribution in [1.82, 2.24) is 20.3 Å². The first-order chi connectivity index (χ1) is 6.77. The first-order valence-corrected chi connectivity index (χ1v) is 4.38. The average Bonchev–Trinajstić information content (AvgIpc) is 2.19. The van der Waals surface area contributed by atoms with Gasteiger partial charge >= 0.3 is 0 Å². The summed E-state index contributed by atoms with van der Waals surface area (Å²) >= 11 is 0. The summed E-state index contributed by atoms with van der Waals surface area (Å²) in [5.41, 5.74) is 0.764. The van der Waals surface area contributed by atoms with Crippen molar-refractivity contribution in [3.05, 3.63) is 30.8 Å². The molecule has 0 aliphatic carbocycles. The third kappa shape index (κ3) is 1.61. The number of hydrogen-bond donors (Lipinski definition) is 1. The molecule has 1 fully saturated rings. The molecule has 14 heavy (non-hydrogen) atoms. The van der Waals surface area contributed by atoms with E-state index in [2.05, 4.69) is 26.8 Å². The molecule has 0 saturated carbocycles. The summed E-state index contributed by atoms with van der Waals surface area (Å²) in [6.45, 7) is 3.71. The summed E-state index contributed by atoms with van der Waals surface area (Å²) in [5.74, 6) is 0.195. The van der Waals surface area contributed by atoms with Gasteiger partial charge in [-0.15, -0.1) is 0 Å². The van der Waals surface area contributed by atoms with Crippen molar-refractivity contribution in [2.75, 3.05) is 0 Å². The molecule has 0 bridgehead atoms. The Bertz CT molecular complexity index is 362. The minimum atomic E-state index is -0.261. The molecule has 72 valence electrons. The van der Waals surface area contributed by atoms with Gasteiger partial charge in [0.2, 0.25) is 5.91 Å². The van der Waals surface area contributed by atoms with Gasteiger partial charge in [0.25, 0.3) is 0 Å². The molecule has 5 heteroatoms. The zero-order chi connectivity index (χ0) is 9.97. The first-order valence-electron chi connectivity index (χ1n) is 4.38. The van der Waals surface area contributed by atoms with Crippen LogP contribution in [0.1, 0.15) is 24.6 Å². The molecule has 2 rings (SSSR count). The lowest BCUT2D eigenvalue weighted by atomic mass is 9.96. The van der Waals surface area contributed by atoms with Crippen molar-refractivity contribution in [1.29, 1.82) is 0 Å². The van der Waals surface area contributed by atoms with Crippen molar-refractivity contribution < 1.29 is 4.79 Å². The van der Waals surface area contributed by atoms with Crippen molar-refractivity contribution >= 4 is 5.91 Å². The predicted molar refractivity (Wildman–Crippen MR) is 49.1 cm³/mol. The molecule has 2 heterocycles. The minimum absolute atomic E-state index is 0.0764. The molecule has 1 saturated heterocycles. The van der Waals surface area contributed by atoms with E-state index in [-0.39, 0.29) is 11.8 Å². The number of amides is 1. The van der Waals surface area contributed by atoms with E-state index < -0.39 is 0 Å². The summed E-state index contributed by atoms with van der Waals surface area (Å²) in [7, 11) is 0. The molecule has 5 nitrogen and oxygen atoms in total. The van der Waals surface area contributed by atoms with Crippen LogP contribution in [0, 0.1) is 0 Å². The summed E-state index contributed by atoms with van der Waals surface area (Å²) in [5, 5.41) is 2.69. The average molecular weight is 190 g/mol. The maximum Gasteiger partial charge on any atom is 0.234 e. The largest absolute Gasteiger partial charge is 0.330 e. The van der Waals surface area contributed by atoms with Crippen LogP contribution in [0.3, 0.4) is 0 Å². The number of carbonyl (C=O) groups excluding carboxylic acids is 1. The third-order valence-corrected chi connectivity index (χ3v) is 2.18. The van der Waals surface area contributed by atoms with E-state index in [1.54, 1.807) is 0 Å². The first kappa shape index (κ1) is 8.80. The Morgan fingerprint density at radius 3 is 2.79 bits per heavy atom. The highest BCUT2D eigenvalue weighted by Crippen LogP contribution is 2.23. The summed E-state index contributed by atoms with van der Waals surface area (Å²) < 4.78 is 0. The van der Waals surface area contributed by atoms with Crippen molar-refractivity contribution in [2.24, 2.45) is 0 Å². The van der Waals surface area contributed by atoms with Crippen molar-refractivity contribution in [3.63, 3.8) is 0 Å². The zero-order valence-electron chi connectivity index (χ0n) is 7.60. The topological polar surface area (TPSA) is 67.8 Å². The molecule has 0 aromatic carbocycles. The Hall–Kier alpha value is -1.78. The van der Waals surface area contributed by atoms with E-state index in [1.165, 1.54) is 12.7 Å². The molecule has 1 atom stereocenters. The molecule has 0 radical (unpaired) electrons. The van der Waals surface area contributed by atoms with Crippen LogP contribution in [0.2, 0.25) is 0 Å². The van der Waals surface area contributed by atoms with Gasteiger partial charge in [-0.3, -0.25) is 4.79 Å². The van der Waals surface area contributed by atoms with Gasteiger partial charge in [0.05, 0.1) is 5.92 Å². The highest BCUT2D eigenvalue weighted by molar-refractivity contribution is 5.85. The van der Waals surface area contributed by atoms with E-state index in [1.807, 2.05) is 0 Å². The van der Waals surface area contributed by atoms with Gasteiger partial charge in [-0.05, 0) is 12.8 Å². The number of nitrogens with one attached hydrogen (secondary N) is 1. The van der Waals surface area contributed by atoms with Gasteiger partial charge in [-0.25, -0.2) is 15.0 Å². The Morgan fingerprint density at radius 1 is 1.43 bits per heavy atom. The highest BCUT2D eigenvalue weighted by atomic mass is 16.2. The quantitative estimate of drug-likeness (QED) is 0.695. The molecule has 1 unspecified atom stereocenters. The standard InChI is InChI=1S/C9H10N4O/c1-6-2-3-7(9(14)13-6)8-11-4-10-5-12-8/h4-5,7H,1-3H2,(H,13,14). The predicted octanol–water partition coefficient (Wildman–Crippen LogP) is 0.379. The minimum Gasteiger partial charge on any atom is -0.330 e.